The molecule has 0 aliphatic rings. The van der Waals surface area contributed by atoms with Gasteiger partial charge in [0, 0.05) is 6.07 Å². The van der Waals surface area contributed by atoms with Crippen LogP contribution in [0.1, 0.15) is 25.8 Å². The van der Waals surface area contributed by atoms with Crippen molar-refractivity contribution in [3.05, 3.63) is 35.4 Å². The molecule has 0 spiro atoms. The van der Waals surface area contributed by atoms with Crippen LogP contribution in [0.2, 0.25) is 0 Å². The van der Waals surface area contributed by atoms with E-state index in [1.54, 1.807) is 0 Å². The quantitative estimate of drug-likeness (QED) is 0.831. The van der Waals surface area contributed by atoms with Crippen molar-refractivity contribution < 1.29 is 18.4 Å². The highest BCUT2D eigenvalue weighted by Gasteiger charge is 2.19. The standard InChI is InChI=1S/C14H18F2N2O2/c1-8(2)3-12(14(17)20)18-13(19)6-9-4-10(15)7-11(16)5-9/h4-5,7-8,12H,3,6H2,1-2H3,(H2,17,20)(H,18,19)/t12-/m1/s1. The van der Waals surface area contributed by atoms with Crippen LogP contribution in [0.15, 0.2) is 18.2 Å². The second-order valence-electron chi connectivity index (χ2n) is 5.11. The molecule has 0 aromatic heterocycles. The predicted octanol–water partition coefficient (Wildman–Crippen LogP) is 1.52. The van der Waals surface area contributed by atoms with Crippen LogP contribution in [0.25, 0.3) is 0 Å². The van der Waals surface area contributed by atoms with E-state index in [0.29, 0.717) is 6.42 Å². The van der Waals surface area contributed by atoms with E-state index in [-0.39, 0.29) is 17.9 Å². The minimum atomic E-state index is -0.777. The summed E-state index contributed by atoms with van der Waals surface area (Å²) in [6.07, 6.45) is 0.204. The summed E-state index contributed by atoms with van der Waals surface area (Å²) in [4.78, 5) is 23.0. The van der Waals surface area contributed by atoms with Crippen molar-refractivity contribution in [1.82, 2.24) is 5.32 Å². The summed E-state index contributed by atoms with van der Waals surface area (Å²) in [6.45, 7) is 3.79. The van der Waals surface area contributed by atoms with E-state index in [9.17, 15) is 18.4 Å². The van der Waals surface area contributed by atoms with Gasteiger partial charge in [-0.2, -0.15) is 0 Å². The average molecular weight is 284 g/mol. The molecule has 0 saturated heterocycles. The van der Waals surface area contributed by atoms with Crippen molar-refractivity contribution in [2.24, 2.45) is 11.7 Å². The molecule has 110 valence electrons. The van der Waals surface area contributed by atoms with Gasteiger partial charge in [0.25, 0.3) is 0 Å². The van der Waals surface area contributed by atoms with Crippen molar-refractivity contribution in [2.75, 3.05) is 0 Å². The largest absolute Gasteiger partial charge is 0.368 e. The van der Waals surface area contributed by atoms with E-state index in [0.717, 1.165) is 18.2 Å². The summed E-state index contributed by atoms with van der Waals surface area (Å²) in [5.74, 6) is -2.45. The number of hydrogen-bond acceptors (Lipinski definition) is 2. The van der Waals surface area contributed by atoms with Crippen molar-refractivity contribution >= 4 is 11.8 Å². The van der Waals surface area contributed by atoms with Gasteiger partial charge in [-0.25, -0.2) is 8.78 Å². The van der Waals surface area contributed by atoms with E-state index >= 15 is 0 Å². The Kier molecular flexibility index (Phi) is 5.61. The van der Waals surface area contributed by atoms with Crippen LogP contribution >= 0.6 is 0 Å². The summed E-state index contributed by atoms with van der Waals surface area (Å²) in [5, 5.41) is 2.48. The summed E-state index contributed by atoms with van der Waals surface area (Å²) >= 11 is 0. The van der Waals surface area contributed by atoms with Crippen LogP contribution in [0.3, 0.4) is 0 Å². The molecule has 1 atom stereocenters. The van der Waals surface area contributed by atoms with Crippen LogP contribution in [-0.2, 0) is 16.0 Å². The molecule has 1 aromatic carbocycles. The topological polar surface area (TPSA) is 72.2 Å². The lowest BCUT2D eigenvalue weighted by atomic mass is 10.0. The molecule has 0 aliphatic carbocycles. The van der Waals surface area contributed by atoms with E-state index in [1.807, 2.05) is 13.8 Å². The molecule has 0 radical (unpaired) electrons. The molecule has 0 aliphatic heterocycles. The smallest absolute Gasteiger partial charge is 0.240 e. The third-order valence-corrected chi connectivity index (χ3v) is 2.67. The molecule has 0 heterocycles. The van der Waals surface area contributed by atoms with Gasteiger partial charge in [-0.1, -0.05) is 13.8 Å². The van der Waals surface area contributed by atoms with Gasteiger partial charge in [-0.15, -0.1) is 0 Å². The lowest BCUT2D eigenvalue weighted by molar-refractivity contribution is -0.127. The summed E-state index contributed by atoms with van der Waals surface area (Å²) < 4.78 is 26.0. The minimum absolute atomic E-state index is 0.180. The fourth-order valence-corrected chi connectivity index (χ4v) is 1.86. The number of carbonyl (C=O) groups excluding carboxylic acids is 2. The van der Waals surface area contributed by atoms with Crippen molar-refractivity contribution in [2.45, 2.75) is 32.7 Å². The van der Waals surface area contributed by atoms with Crippen LogP contribution in [0, 0.1) is 17.6 Å². The first-order valence-electron chi connectivity index (χ1n) is 6.31. The first-order chi connectivity index (χ1) is 9.27. The molecule has 0 bridgehead atoms. The second-order valence-corrected chi connectivity index (χ2v) is 5.11. The maximum atomic E-state index is 13.0. The van der Waals surface area contributed by atoms with Crippen LogP contribution < -0.4 is 11.1 Å². The lowest BCUT2D eigenvalue weighted by Gasteiger charge is -2.17. The van der Waals surface area contributed by atoms with Crippen molar-refractivity contribution in [3.63, 3.8) is 0 Å². The number of rotatable bonds is 6. The first-order valence-corrected chi connectivity index (χ1v) is 6.31. The number of nitrogens with two attached hydrogens (primary N) is 1. The highest BCUT2D eigenvalue weighted by molar-refractivity contribution is 5.87. The third kappa shape index (κ3) is 5.34. The zero-order valence-electron chi connectivity index (χ0n) is 11.5. The molecular formula is C14H18F2N2O2. The molecule has 4 nitrogen and oxygen atoms in total. The van der Waals surface area contributed by atoms with E-state index in [2.05, 4.69) is 5.32 Å². The van der Waals surface area contributed by atoms with E-state index in [1.165, 1.54) is 0 Å². The van der Waals surface area contributed by atoms with Gasteiger partial charge in [-0.05, 0) is 30.0 Å². The molecule has 20 heavy (non-hydrogen) atoms. The Bertz CT molecular complexity index is 484. The van der Waals surface area contributed by atoms with Gasteiger partial charge in [0.1, 0.15) is 17.7 Å². The normalized spacial score (nSPS) is 12.2. The number of carbonyl (C=O) groups is 2. The number of hydrogen-bond donors (Lipinski definition) is 2. The second kappa shape index (κ2) is 6.98. The molecule has 6 heteroatoms. The Hall–Kier alpha value is -1.98. The Morgan fingerprint density at radius 2 is 1.75 bits per heavy atom. The van der Waals surface area contributed by atoms with E-state index in [4.69, 9.17) is 5.73 Å². The van der Waals surface area contributed by atoms with Gasteiger partial charge < -0.3 is 11.1 Å². The number of halogens is 2. The third-order valence-electron chi connectivity index (χ3n) is 2.67. The number of amides is 2. The average Bonchev–Trinajstić information content (AvgIpc) is 2.25. The number of nitrogens with one attached hydrogen (secondary N) is 1. The fourth-order valence-electron chi connectivity index (χ4n) is 1.86. The highest BCUT2D eigenvalue weighted by atomic mass is 19.1. The van der Waals surface area contributed by atoms with E-state index < -0.39 is 29.5 Å². The summed E-state index contributed by atoms with van der Waals surface area (Å²) in [5.41, 5.74) is 5.40. The van der Waals surface area contributed by atoms with Crippen molar-refractivity contribution in [1.29, 1.82) is 0 Å². The summed E-state index contributed by atoms with van der Waals surface area (Å²) in [6, 6.07) is 2.10. The van der Waals surface area contributed by atoms with Gasteiger partial charge in [-0.3, -0.25) is 9.59 Å². The Balaban J connectivity index is 2.68. The lowest BCUT2D eigenvalue weighted by Crippen LogP contribution is -2.45. The SMILES string of the molecule is CC(C)C[C@@H](NC(=O)Cc1cc(F)cc(F)c1)C(N)=O. The van der Waals surface area contributed by atoms with Crippen LogP contribution in [0.5, 0.6) is 0 Å². The maximum Gasteiger partial charge on any atom is 0.240 e. The Labute approximate surface area is 116 Å². The fraction of sp³-hybridized carbons (Fsp3) is 0.429. The highest BCUT2D eigenvalue weighted by Crippen LogP contribution is 2.09. The molecular weight excluding hydrogens is 266 g/mol. The predicted molar refractivity (Wildman–Crippen MR) is 70.6 cm³/mol. The molecule has 0 saturated carbocycles. The number of benzene rings is 1. The molecule has 1 rings (SSSR count). The molecule has 1 aromatic rings. The van der Waals surface area contributed by atoms with Gasteiger partial charge in [0.2, 0.25) is 11.8 Å². The molecule has 0 fully saturated rings. The van der Waals surface area contributed by atoms with Crippen LogP contribution in [-0.4, -0.2) is 17.9 Å². The monoisotopic (exact) mass is 284 g/mol. The Morgan fingerprint density at radius 3 is 2.20 bits per heavy atom. The van der Waals surface area contributed by atoms with Crippen molar-refractivity contribution in [3.8, 4) is 0 Å². The summed E-state index contributed by atoms with van der Waals surface area (Å²) in [7, 11) is 0. The van der Waals surface area contributed by atoms with Gasteiger partial charge in [0.15, 0.2) is 0 Å². The number of primary amides is 1. The first kappa shape index (κ1) is 16.1. The maximum absolute atomic E-state index is 13.0. The van der Waals surface area contributed by atoms with Gasteiger partial charge >= 0.3 is 0 Å². The van der Waals surface area contributed by atoms with Crippen LogP contribution in [0.4, 0.5) is 8.78 Å². The Morgan fingerprint density at radius 1 is 1.20 bits per heavy atom. The molecule has 0 unspecified atom stereocenters. The molecule has 3 N–H and O–H groups in total. The molecule has 2 amide bonds. The van der Waals surface area contributed by atoms with Gasteiger partial charge in [0.05, 0.1) is 6.42 Å². The zero-order chi connectivity index (χ0) is 15.3. The zero-order valence-corrected chi connectivity index (χ0v) is 11.5. The minimum Gasteiger partial charge on any atom is -0.368 e.